The van der Waals surface area contributed by atoms with Gasteiger partial charge < -0.3 is 15.1 Å². The SMILES string of the molecule is CCn1nc(C(=O)N2CCCCC2)c2c1CC[C@@H](NCCN1CCCCC1)C2. The molecule has 0 unspecified atom stereocenters. The van der Waals surface area contributed by atoms with Crippen molar-refractivity contribution in [1.29, 1.82) is 0 Å². The van der Waals surface area contributed by atoms with Gasteiger partial charge in [-0.1, -0.05) is 6.42 Å². The third-order valence-electron chi connectivity index (χ3n) is 6.80. The summed E-state index contributed by atoms with van der Waals surface area (Å²) in [6, 6.07) is 0.472. The van der Waals surface area contributed by atoms with Gasteiger partial charge in [0.25, 0.3) is 5.91 Å². The third-order valence-corrected chi connectivity index (χ3v) is 6.80. The Balaban J connectivity index is 1.39. The summed E-state index contributed by atoms with van der Waals surface area (Å²) in [5, 5.41) is 8.54. The lowest BCUT2D eigenvalue weighted by Crippen LogP contribution is -2.42. The van der Waals surface area contributed by atoms with Gasteiger partial charge in [0.2, 0.25) is 0 Å². The van der Waals surface area contributed by atoms with Crippen LogP contribution in [0.3, 0.4) is 0 Å². The molecular weight excluding hydrogens is 350 g/mol. The summed E-state index contributed by atoms with van der Waals surface area (Å²) in [6.07, 6.45) is 10.7. The van der Waals surface area contributed by atoms with Crippen molar-refractivity contribution in [1.82, 2.24) is 24.9 Å². The van der Waals surface area contributed by atoms with Crippen LogP contribution in [0, 0.1) is 0 Å². The average molecular weight is 388 g/mol. The molecule has 0 radical (unpaired) electrons. The molecule has 3 aliphatic rings. The minimum absolute atomic E-state index is 0.164. The second-order valence-electron chi connectivity index (χ2n) is 8.74. The van der Waals surface area contributed by atoms with Crippen molar-refractivity contribution < 1.29 is 4.79 Å². The molecule has 1 amide bonds. The van der Waals surface area contributed by atoms with E-state index >= 15 is 0 Å². The molecule has 0 aromatic carbocycles. The minimum atomic E-state index is 0.164. The van der Waals surface area contributed by atoms with Crippen LogP contribution in [0.15, 0.2) is 0 Å². The number of hydrogen-bond acceptors (Lipinski definition) is 4. The molecule has 1 aromatic heterocycles. The number of carbonyl (C=O) groups excluding carboxylic acids is 1. The Morgan fingerprint density at radius 3 is 2.50 bits per heavy atom. The Bertz CT molecular complexity index is 658. The van der Waals surface area contributed by atoms with Crippen molar-refractivity contribution in [2.45, 2.75) is 77.3 Å². The van der Waals surface area contributed by atoms with Crippen LogP contribution in [0.1, 0.15) is 73.6 Å². The fourth-order valence-electron chi connectivity index (χ4n) is 5.15. The lowest BCUT2D eigenvalue weighted by Gasteiger charge is -2.29. The van der Waals surface area contributed by atoms with Crippen molar-refractivity contribution in [3.05, 3.63) is 17.0 Å². The van der Waals surface area contributed by atoms with E-state index in [9.17, 15) is 4.79 Å². The Morgan fingerprint density at radius 2 is 1.79 bits per heavy atom. The molecule has 0 saturated carbocycles. The highest BCUT2D eigenvalue weighted by atomic mass is 16.2. The summed E-state index contributed by atoms with van der Waals surface area (Å²) >= 11 is 0. The molecule has 3 heterocycles. The van der Waals surface area contributed by atoms with Gasteiger partial charge in [0, 0.05) is 50.0 Å². The molecule has 1 atom stereocenters. The molecule has 2 saturated heterocycles. The first-order valence-corrected chi connectivity index (χ1v) is 11.6. The lowest BCUT2D eigenvalue weighted by molar-refractivity contribution is 0.0716. The minimum Gasteiger partial charge on any atom is -0.337 e. The highest BCUT2D eigenvalue weighted by Crippen LogP contribution is 2.26. The quantitative estimate of drug-likeness (QED) is 0.815. The number of aromatic nitrogens is 2. The van der Waals surface area contributed by atoms with Gasteiger partial charge in [-0.15, -0.1) is 0 Å². The number of nitrogens with one attached hydrogen (secondary N) is 1. The fraction of sp³-hybridized carbons (Fsp3) is 0.818. The van der Waals surface area contributed by atoms with E-state index in [-0.39, 0.29) is 5.91 Å². The molecule has 6 nitrogen and oxygen atoms in total. The van der Waals surface area contributed by atoms with Gasteiger partial charge in [0.05, 0.1) is 0 Å². The number of carbonyl (C=O) groups is 1. The summed E-state index contributed by atoms with van der Waals surface area (Å²) in [5.41, 5.74) is 3.26. The number of nitrogens with zero attached hydrogens (tertiary/aromatic N) is 4. The van der Waals surface area contributed by atoms with E-state index in [1.165, 1.54) is 50.0 Å². The molecule has 2 aliphatic heterocycles. The summed E-state index contributed by atoms with van der Waals surface area (Å²) < 4.78 is 2.08. The number of fused-ring (bicyclic) bond motifs is 1. The molecule has 1 aromatic rings. The van der Waals surface area contributed by atoms with Gasteiger partial charge in [0.1, 0.15) is 0 Å². The maximum Gasteiger partial charge on any atom is 0.274 e. The smallest absolute Gasteiger partial charge is 0.274 e. The monoisotopic (exact) mass is 387 g/mol. The summed E-state index contributed by atoms with van der Waals surface area (Å²) in [5.74, 6) is 0.164. The molecule has 28 heavy (non-hydrogen) atoms. The highest BCUT2D eigenvalue weighted by Gasteiger charge is 2.31. The van der Waals surface area contributed by atoms with E-state index in [1.54, 1.807) is 0 Å². The van der Waals surface area contributed by atoms with E-state index in [0.29, 0.717) is 6.04 Å². The number of rotatable bonds is 6. The van der Waals surface area contributed by atoms with Crippen molar-refractivity contribution in [2.24, 2.45) is 0 Å². The third kappa shape index (κ3) is 4.43. The lowest BCUT2D eigenvalue weighted by atomic mass is 9.91. The van der Waals surface area contributed by atoms with Crippen LogP contribution in [-0.2, 0) is 19.4 Å². The van der Waals surface area contributed by atoms with Crippen LogP contribution in [0.2, 0.25) is 0 Å². The fourth-order valence-corrected chi connectivity index (χ4v) is 5.15. The predicted molar refractivity (Wildman–Crippen MR) is 112 cm³/mol. The molecule has 6 heteroatoms. The van der Waals surface area contributed by atoms with Crippen molar-refractivity contribution in [3.63, 3.8) is 0 Å². The average Bonchev–Trinajstić information content (AvgIpc) is 3.12. The Labute approximate surface area is 169 Å². The highest BCUT2D eigenvalue weighted by molar-refractivity contribution is 5.94. The van der Waals surface area contributed by atoms with Crippen LogP contribution >= 0.6 is 0 Å². The second-order valence-corrected chi connectivity index (χ2v) is 8.74. The zero-order chi connectivity index (χ0) is 19.3. The Hall–Kier alpha value is -1.40. The number of piperidine rings is 2. The van der Waals surface area contributed by atoms with Gasteiger partial charge in [0.15, 0.2) is 5.69 Å². The van der Waals surface area contributed by atoms with Gasteiger partial charge in [-0.2, -0.15) is 5.10 Å². The molecule has 0 bridgehead atoms. The van der Waals surface area contributed by atoms with Crippen molar-refractivity contribution in [3.8, 4) is 0 Å². The van der Waals surface area contributed by atoms with E-state index in [1.807, 2.05) is 4.90 Å². The van der Waals surface area contributed by atoms with Crippen LogP contribution in [0.5, 0.6) is 0 Å². The zero-order valence-corrected chi connectivity index (χ0v) is 17.6. The molecule has 0 spiro atoms. The largest absolute Gasteiger partial charge is 0.337 e. The first-order chi connectivity index (χ1) is 13.8. The van der Waals surface area contributed by atoms with Gasteiger partial charge in [-0.3, -0.25) is 9.48 Å². The molecular formula is C22H37N5O. The number of hydrogen-bond donors (Lipinski definition) is 1. The molecule has 156 valence electrons. The topological polar surface area (TPSA) is 53.4 Å². The first-order valence-electron chi connectivity index (χ1n) is 11.6. The molecule has 4 rings (SSSR count). The molecule has 1 N–H and O–H groups in total. The number of likely N-dealkylation sites (tertiary alicyclic amines) is 2. The Morgan fingerprint density at radius 1 is 1.07 bits per heavy atom. The zero-order valence-electron chi connectivity index (χ0n) is 17.6. The maximum atomic E-state index is 13.2. The Kier molecular flexibility index (Phi) is 6.68. The normalized spacial score (nSPS) is 23.6. The van der Waals surface area contributed by atoms with E-state index < -0.39 is 0 Å². The predicted octanol–water partition coefficient (Wildman–Crippen LogP) is 2.46. The number of aryl methyl sites for hydroxylation is 1. The second kappa shape index (κ2) is 9.40. The first kappa shape index (κ1) is 19.9. The van der Waals surface area contributed by atoms with Gasteiger partial charge >= 0.3 is 0 Å². The van der Waals surface area contributed by atoms with Gasteiger partial charge in [-0.25, -0.2) is 0 Å². The van der Waals surface area contributed by atoms with E-state index in [4.69, 9.17) is 5.10 Å². The van der Waals surface area contributed by atoms with Crippen LogP contribution in [0.25, 0.3) is 0 Å². The van der Waals surface area contributed by atoms with Crippen LogP contribution in [-0.4, -0.2) is 70.8 Å². The summed E-state index contributed by atoms with van der Waals surface area (Å²) in [6.45, 7) is 9.49. The summed E-state index contributed by atoms with van der Waals surface area (Å²) in [7, 11) is 0. The van der Waals surface area contributed by atoms with Crippen LogP contribution in [0.4, 0.5) is 0 Å². The van der Waals surface area contributed by atoms with E-state index in [2.05, 4.69) is 21.8 Å². The molecule has 2 fully saturated rings. The molecule has 1 aliphatic carbocycles. The van der Waals surface area contributed by atoms with Gasteiger partial charge in [-0.05, 0) is 71.4 Å². The van der Waals surface area contributed by atoms with Crippen molar-refractivity contribution in [2.75, 3.05) is 39.3 Å². The summed E-state index contributed by atoms with van der Waals surface area (Å²) in [4.78, 5) is 17.8. The van der Waals surface area contributed by atoms with Crippen LogP contribution < -0.4 is 5.32 Å². The maximum absolute atomic E-state index is 13.2. The van der Waals surface area contributed by atoms with Crippen molar-refractivity contribution >= 4 is 5.91 Å². The van der Waals surface area contributed by atoms with E-state index in [0.717, 1.165) is 70.5 Å². The number of amides is 1. The standard InChI is InChI=1S/C22H37N5O/c1-2-27-20-10-9-18(23-11-16-25-12-5-3-6-13-25)17-19(20)21(24-27)22(28)26-14-7-4-8-15-26/h18,23H,2-17H2,1H3/t18-/m1/s1.